The quantitative estimate of drug-likeness (QED) is 0.710. The molecule has 0 atom stereocenters. The maximum Gasteiger partial charge on any atom is 0.222 e. The molecular formula is C16H13N5. The van der Waals surface area contributed by atoms with Gasteiger partial charge in [0, 0.05) is 5.56 Å². The lowest BCUT2D eigenvalue weighted by Gasteiger charge is -2.11. The Balaban J connectivity index is 2.42. The van der Waals surface area contributed by atoms with Gasteiger partial charge >= 0.3 is 0 Å². The van der Waals surface area contributed by atoms with Crippen molar-refractivity contribution in [3.05, 3.63) is 47.5 Å². The minimum absolute atomic E-state index is 0.0613. The summed E-state index contributed by atoms with van der Waals surface area (Å²) >= 11 is 0. The highest BCUT2D eigenvalue weighted by molar-refractivity contribution is 5.99. The van der Waals surface area contributed by atoms with Crippen LogP contribution >= 0.6 is 0 Å². The number of hydrogen-bond acceptors (Lipinski definition) is 5. The number of aryl methyl sites for hydroxylation is 1. The number of fused-ring (bicyclic) bond motifs is 1. The maximum atomic E-state index is 9.33. The average molecular weight is 275 g/mol. The summed E-state index contributed by atoms with van der Waals surface area (Å²) in [7, 11) is 0. The van der Waals surface area contributed by atoms with Crippen LogP contribution in [0.5, 0.6) is 0 Å². The van der Waals surface area contributed by atoms with Gasteiger partial charge in [-0.05, 0) is 23.3 Å². The second-order valence-electron chi connectivity index (χ2n) is 4.78. The number of nitrogens with two attached hydrogens (primary N) is 2. The van der Waals surface area contributed by atoms with Crippen molar-refractivity contribution >= 4 is 22.5 Å². The molecule has 3 rings (SSSR count). The molecule has 0 fully saturated rings. The van der Waals surface area contributed by atoms with E-state index in [0.29, 0.717) is 5.69 Å². The lowest BCUT2D eigenvalue weighted by Crippen LogP contribution is -2.05. The number of aromatic nitrogens is 2. The van der Waals surface area contributed by atoms with Crippen LogP contribution < -0.4 is 11.5 Å². The SMILES string of the molecule is Cc1ccc(-c2nc(N)nc(N)c2C#N)c2ccccc12. The largest absolute Gasteiger partial charge is 0.382 e. The van der Waals surface area contributed by atoms with E-state index in [2.05, 4.69) is 16.0 Å². The predicted octanol–water partition coefficient (Wildman–Crippen LogP) is 2.64. The van der Waals surface area contributed by atoms with E-state index < -0.39 is 0 Å². The fourth-order valence-corrected chi connectivity index (χ4v) is 2.46. The molecule has 0 aliphatic heterocycles. The van der Waals surface area contributed by atoms with Crippen LogP contribution in [0.2, 0.25) is 0 Å². The third-order valence-electron chi connectivity index (χ3n) is 3.46. The highest BCUT2D eigenvalue weighted by Gasteiger charge is 2.15. The Kier molecular flexibility index (Phi) is 2.92. The van der Waals surface area contributed by atoms with E-state index in [9.17, 15) is 5.26 Å². The minimum Gasteiger partial charge on any atom is -0.382 e. The number of anilines is 2. The molecule has 1 heterocycles. The molecule has 0 unspecified atom stereocenters. The van der Waals surface area contributed by atoms with Gasteiger partial charge in [0.1, 0.15) is 17.5 Å². The maximum absolute atomic E-state index is 9.33. The standard InChI is InChI=1S/C16H13N5/c1-9-6-7-12(11-5-3-2-4-10(9)11)14-13(8-17)15(18)21-16(19)20-14/h2-7H,1H3,(H4,18,19,20,21). The van der Waals surface area contributed by atoms with Crippen LogP contribution in [0.4, 0.5) is 11.8 Å². The van der Waals surface area contributed by atoms with E-state index in [1.54, 1.807) is 0 Å². The number of nitriles is 1. The summed E-state index contributed by atoms with van der Waals surface area (Å²) in [5.41, 5.74) is 14.2. The summed E-state index contributed by atoms with van der Waals surface area (Å²) in [5.74, 6) is 0.163. The second kappa shape index (κ2) is 4.76. The molecule has 5 heteroatoms. The normalized spacial score (nSPS) is 10.5. The van der Waals surface area contributed by atoms with Crippen molar-refractivity contribution < 1.29 is 0 Å². The summed E-state index contributed by atoms with van der Waals surface area (Å²) in [6.07, 6.45) is 0. The van der Waals surface area contributed by atoms with Gasteiger partial charge in [-0.1, -0.05) is 36.4 Å². The summed E-state index contributed by atoms with van der Waals surface area (Å²) in [6, 6.07) is 13.9. The summed E-state index contributed by atoms with van der Waals surface area (Å²) < 4.78 is 0. The Labute approximate surface area is 121 Å². The highest BCUT2D eigenvalue weighted by atomic mass is 15.0. The van der Waals surface area contributed by atoms with E-state index in [4.69, 9.17) is 11.5 Å². The van der Waals surface area contributed by atoms with Crippen molar-refractivity contribution in [3.63, 3.8) is 0 Å². The number of benzene rings is 2. The summed E-state index contributed by atoms with van der Waals surface area (Å²) in [6.45, 7) is 2.04. The Hall–Kier alpha value is -3.13. The van der Waals surface area contributed by atoms with Gasteiger partial charge in [-0.2, -0.15) is 10.2 Å². The van der Waals surface area contributed by atoms with Gasteiger partial charge in [-0.3, -0.25) is 0 Å². The lowest BCUT2D eigenvalue weighted by molar-refractivity contribution is 1.18. The first-order chi connectivity index (χ1) is 10.1. The van der Waals surface area contributed by atoms with Gasteiger partial charge in [0.2, 0.25) is 5.95 Å². The molecule has 0 amide bonds. The van der Waals surface area contributed by atoms with Crippen molar-refractivity contribution in [1.29, 1.82) is 5.26 Å². The second-order valence-corrected chi connectivity index (χ2v) is 4.78. The van der Waals surface area contributed by atoms with Crippen LogP contribution in [0.3, 0.4) is 0 Å². The van der Waals surface area contributed by atoms with Crippen molar-refractivity contribution in [1.82, 2.24) is 9.97 Å². The van der Waals surface area contributed by atoms with Crippen LogP contribution in [0.25, 0.3) is 22.0 Å². The van der Waals surface area contributed by atoms with Crippen molar-refractivity contribution in [3.8, 4) is 17.3 Å². The molecule has 1 aromatic heterocycles. The monoisotopic (exact) mass is 275 g/mol. The van der Waals surface area contributed by atoms with Gasteiger partial charge in [-0.15, -0.1) is 0 Å². The average Bonchev–Trinajstić information content (AvgIpc) is 2.47. The fourth-order valence-electron chi connectivity index (χ4n) is 2.46. The first-order valence-electron chi connectivity index (χ1n) is 6.43. The minimum atomic E-state index is 0.0613. The Morgan fingerprint density at radius 2 is 1.71 bits per heavy atom. The zero-order valence-electron chi connectivity index (χ0n) is 11.5. The lowest BCUT2D eigenvalue weighted by atomic mass is 9.96. The molecule has 0 saturated heterocycles. The van der Waals surface area contributed by atoms with E-state index in [1.807, 2.05) is 43.3 Å². The molecule has 4 N–H and O–H groups in total. The van der Waals surface area contributed by atoms with Crippen LogP contribution in [-0.2, 0) is 0 Å². The number of hydrogen-bond donors (Lipinski definition) is 2. The smallest absolute Gasteiger partial charge is 0.222 e. The molecule has 0 bridgehead atoms. The molecule has 0 spiro atoms. The molecule has 3 aromatic rings. The highest BCUT2D eigenvalue weighted by Crippen LogP contribution is 2.32. The topological polar surface area (TPSA) is 102 Å². The summed E-state index contributed by atoms with van der Waals surface area (Å²) in [5, 5.41) is 11.4. The third-order valence-corrected chi connectivity index (χ3v) is 3.46. The summed E-state index contributed by atoms with van der Waals surface area (Å²) in [4.78, 5) is 8.07. The van der Waals surface area contributed by atoms with Crippen LogP contribution in [0.1, 0.15) is 11.1 Å². The van der Waals surface area contributed by atoms with Gasteiger partial charge in [0.15, 0.2) is 0 Å². The molecule has 21 heavy (non-hydrogen) atoms. The molecule has 0 aliphatic rings. The van der Waals surface area contributed by atoms with E-state index >= 15 is 0 Å². The first kappa shape index (κ1) is 12.9. The molecule has 102 valence electrons. The van der Waals surface area contributed by atoms with E-state index in [0.717, 1.165) is 21.9 Å². The molecular weight excluding hydrogens is 262 g/mol. The van der Waals surface area contributed by atoms with Crippen molar-refractivity contribution in [2.24, 2.45) is 0 Å². The van der Waals surface area contributed by atoms with E-state index in [1.165, 1.54) is 0 Å². The van der Waals surface area contributed by atoms with Crippen LogP contribution in [0.15, 0.2) is 36.4 Å². The number of nitrogens with zero attached hydrogens (tertiary/aromatic N) is 3. The molecule has 5 nitrogen and oxygen atoms in total. The van der Waals surface area contributed by atoms with Gasteiger partial charge in [0.05, 0.1) is 5.69 Å². The fraction of sp³-hybridized carbons (Fsp3) is 0.0625. The molecule has 0 saturated carbocycles. The van der Waals surface area contributed by atoms with Gasteiger partial charge < -0.3 is 11.5 Å². The first-order valence-corrected chi connectivity index (χ1v) is 6.43. The van der Waals surface area contributed by atoms with Gasteiger partial charge in [0.25, 0.3) is 0 Å². The molecule has 2 aromatic carbocycles. The Bertz CT molecular complexity index is 893. The Morgan fingerprint density at radius 3 is 2.43 bits per heavy atom. The van der Waals surface area contributed by atoms with Crippen molar-refractivity contribution in [2.75, 3.05) is 11.5 Å². The van der Waals surface area contributed by atoms with Crippen LogP contribution in [0, 0.1) is 18.3 Å². The zero-order valence-corrected chi connectivity index (χ0v) is 11.5. The third kappa shape index (κ3) is 2.03. The number of rotatable bonds is 1. The molecule has 0 aliphatic carbocycles. The predicted molar refractivity (Wildman–Crippen MR) is 83.3 cm³/mol. The zero-order chi connectivity index (χ0) is 15.0. The van der Waals surface area contributed by atoms with Crippen molar-refractivity contribution in [2.45, 2.75) is 6.92 Å². The number of nitrogen functional groups attached to an aromatic ring is 2. The Morgan fingerprint density at radius 1 is 1.00 bits per heavy atom. The van der Waals surface area contributed by atoms with Gasteiger partial charge in [-0.25, -0.2) is 4.98 Å². The molecule has 0 radical (unpaired) electrons. The van der Waals surface area contributed by atoms with E-state index in [-0.39, 0.29) is 17.3 Å². The van der Waals surface area contributed by atoms with Crippen LogP contribution in [-0.4, -0.2) is 9.97 Å².